The molecule has 0 fully saturated rings. The number of nitrogens with one attached hydrogen (secondary N) is 1. The van der Waals surface area contributed by atoms with Gasteiger partial charge in [0.15, 0.2) is 0 Å². The smallest absolute Gasteiger partial charge is 0.229 e. The van der Waals surface area contributed by atoms with Crippen LogP contribution in [0, 0.1) is 12.3 Å². The van der Waals surface area contributed by atoms with Gasteiger partial charge in [-0.3, -0.25) is 4.72 Å². The lowest BCUT2D eigenvalue weighted by Crippen LogP contribution is -2.11. The highest BCUT2D eigenvalue weighted by atomic mass is 32.2. The molecule has 1 rings (SSSR count). The predicted molar refractivity (Wildman–Crippen MR) is 57.7 cm³/mol. The van der Waals surface area contributed by atoms with Gasteiger partial charge in [-0.1, -0.05) is 5.92 Å². The Morgan fingerprint density at radius 2 is 2.20 bits per heavy atom. The van der Waals surface area contributed by atoms with Crippen molar-refractivity contribution in [1.29, 1.82) is 0 Å². The van der Waals surface area contributed by atoms with Crippen molar-refractivity contribution in [2.45, 2.75) is 6.67 Å². The molecule has 0 unspecified atom stereocenters. The topological polar surface area (TPSA) is 46.2 Å². The van der Waals surface area contributed by atoms with Gasteiger partial charge in [0.05, 0.1) is 11.9 Å². The van der Waals surface area contributed by atoms with Gasteiger partial charge in [-0.05, 0) is 18.2 Å². The van der Waals surface area contributed by atoms with Crippen molar-refractivity contribution in [2.24, 2.45) is 0 Å². The van der Waals surface area contributed by atoms with Crippen LogP contribution < -0.4 is 4.72 Å². The van der Waals surface area contributed by atoms with Crippen molar-refractivity contribution in [1.82, 2.24) is 0 Å². The van der Waals surface area contributed by atoms with Gasteiger partial charge in [-0.15, -0.1) is 6.42 Å². The fourth-order valence-electron chi connectivity index (χ4n) is 1.09. The Morgan fingerprint density at radius 3 is 2.67 bits per heavy atom. The predicted octanol–water partition coefficient (Wildman–Crippen LogP) is 1.51. The summed E-state index contributed by atoms with van der Waals surface area (Å²) in [7, 11) is -3.40. The SMILES string of the molecule is C#Cc1ccc(NS(C)(=O)=O)c(CF)c1. The second-order valence-electron chi connectivity index (χ2n) is 3.02. The van der Waals surface area contributed by atoms with Crippen LogP contribution in [0.5, 0.6) is 0 Å². The Balaban J connectivity index is 3.15. The van der Waals surface area contributed by atoms with E-state index in [2.05, 4.69) is 10.6 Å². The molecule has 0 bridgehead atoms. The van der Waals surface area contributed by atoms with E-state index < -0.39 is 16.7 Å². The summed E-state index contributed by atoms with van der Waals surface area (Å²) in [5, 5.41) is 0. The molecule has 0 saturated heterocycles. The van der Waals surface area contributed by atoms with Crippen molar-refractivity contribution < 1.29 is 12.8 Å². The van der Waals surface area contributed by atoms with E-state index in [0.29, 0.717) is 5.56 Å². The third-order valence-electron chi connectivity index (χ3n) is 1.71. The fourth-order valence-corrected chi connectivity index (χ4v) is 1.69. The number of alkyl halides is 1. The highest BCUT2D eigenvalue weighted by Gasteiger charge is 2.07. The molecule has 0 saturated carbocycles. The Labute approximate surface area is 88.4 Å². The van der Waals surface area contributed by atoms with E-state index in [0.717, 1.165) is 6.26 Å². The number of anilines is 1. The highest BCUT2D eigenvalue weighted by Crippen LogP contribution is 2.19. The van der Waals surface area contributed by atoms with Crippen molar-refractivity contribution in [3.63, 3.8) is 0 Å². The number of benzene rings is 1. The van der Waals surface area contributed by atoms with E-state index in [-0.39, 0.29) is 11.3 Å². The van der Waals surface area contributed by atoms with Crippen LogP contribution in [0.15, 0.2) is 18.2 Å². The van der Waals surface area contributed by atoms with Gasteiger partial charge < -0.3 is 0 Å². The van der Waals surface area contributed by atoms with Gasteiger partial charge in [0.1, 0.15) is 6.67 Å². The zero-order valence-corrected chi connectivity index (χ0v) is 8.94. The maximum absolute atomic E-state index is 12.6. The quantitative estimate of drug-likeness (QED) is 0.795. The van der Waals surface area contributed by atoms with E-state index in [9.17, 15) is 12.8 Å². The van der Waals surface area contributed by atoms with Crippen molar-refractivity contribution in [2.75, 3.05) is 11.0 Å². The van der Waals surface area contributed by atoms with Crippen molar-refractivity contribution in [3.8, 4) is 12.3 Å². The molecule has 0 aliphatic carbocycles. The van der Waals surface area contributed by atoms with Crippen LogP contribution >= 0.6 is 0 Å². The molecule has 0 atom stereocenters. The summed E-state index contributed by atoms with van der Waals surface area (Å²) in [6, 6.07) is 4.44. The van der Waals surface area contributed by atoms with Gasteiger partial charge in [0.2, 0.25) is 10.0 Å². The molecular formula is C10H10FNO2S. The molecule has 0 spiro atoms. The Bertz CT molecular complexity index is 503. The molecule has 1 N–H and O–H groups in total. The minimum atomic E-state index is -3.40. The maximum atomic E-state index is 12.6. The molecule has 1 aromatic carbocycles. The first-order valence-corrected chi connectivity index (χ1v) is 5.98. The van der Waals surface area contributed by atoms with Crippen LogP contribution in [0.25, 0.3) is 0 Å². The molecule has 0 aliphatic heterocycles. The van der Waals surface area contributed by atoms with Crippen LogP contribution in [-0.4, -0.2) is 14.7 Å². The number of terminal acetylenes is 1. The molecule has 80 valence electrons. The van der Waals surface area contributed by atoms with Crippen LogP contribution in [0.3, 0.4) is 0 Å². The van der Waals surface area contributed by atoms with E-state index in [1.807, 2.05) is 0 Å². The molecule has 0 radical (unpaired) electrons. The molecule has 5 heteroatoms. The van der Waals surface area contributed by atoms with Crippen molar-refractivity contribution >= 4 is 15.7 Å². The summed E-state index contributed by atoms with van der Waals surface area (Å²) >= 11 is 0. The minimum absolute atomic E-state index is 0.221. The van der Waals surface area contributed by atoms with Gasteiger partial charge in [0.25, 0.3) is 0 Å². The standard InChI is InChI=1S/C10H10FNO2S/c1-3-8-4-5-10(9(6-8)7-11)12-15(2,13)14/h1,4-6,12H,7H2,2H3. The molecule has 0 heterocycles. The van der Waals surface area contributed by atoms with E-state index in [4.69, 9.17) is 6.42 Å². The second-order valence-corrected chi connectivity index (χ2v) is 4.77. The van der Waals surface area contributed by atoms with Gasteiger partial charge in [0, 0.05) is 11.1 Å². The Morgan fingerprint density at radius 1 is 1.53 bits per heavy atom. The number of hydrogen-bond acceptors (Lipinski definition) is 2. The van der Waals surface area contributed by atoms with Crippen molar-refractivity contribution in [3.05, 3.63) is 29.3 Å². The number of hydrogen-bond donors (Lipinski definition) is 1. The lowest BCUT2D eigenvalue weighted by Gasteiger charge is -2.08. The molecular weight excluding hydrogens is 217 g/mol. The van der Waals surface area contributed by atoms with Crippen LogP contribution in [0.4, 0.5) is 10.1 Å². The zero-order chi connectivity index (χ0) is 11.5. The van der Waals surface area contributed by atoms with Crippen LogP contribution in [-0.2, 0) is 16.7 Å². The number of rotatable bonds is 3. The summed E-state index contributed by atoms with van der Waals surface area (Å²) in [5.41, 5.74) is 0.969. The average Bonchev–Trinajstić information content (AvgIpc) is 2.16. The monoisotopic (exact) mass is 227 g/mol. The third kappa shape index (κ3) is 3.26. The molecule has 3 nitrogen and oxygen atoms in total. The third-order valence-corrected chi connectivity index (χ3v) is 2.30. The summed E-state index contributed by atoms with van der Waals surface area (Å²) in [4.78, 5) is 0. The minimum Gasteiger partial charge on any atom is -0.283 e. The van der Waals surface area contributed by atoms with Crippen LogP contribution in [0.1, 0.15) is 11.1 Å². The van der Waals surface area contributed by atoms with Gasteiger partial charge >= 0.3 is 0 Å². The molecule has 0 aliphatic rings. The molecule has 1 aromatic rings. The first-order valence-electron chi connectivity index (χ1n) is 4.09. The summed E-state index contributed by atoms with van der Waals surface area (Å²) in [5.74, 6) is 2.35. The summed E-state index contributed by atoms with van der Waals surface area (Å²) in [6.07, 6.45) is 6.14. The summed E-state index contributed by atoms with van der Waals surface area (Å²) < 4.78 is 36.7. The first kappa shape index (κ1) is 11.5. The molecule has 0 amide bonds. The normalized spacial score (nSPS) is 10.7. The maximum Gasteiger partial charge on any atom is 0.229 e. The Hall–Kier alpha value is -1.54. The van der Waals surface area contributed by atoms with Gasteiger partial charge in [-0.25, -0.2) is 12.8 Å². The zero-order valence-electron chi connectivity index (χ0n) is 8.12. The van der Waals surface area contributed by atoms with Gasteiger partial charge in [-0.2, -0.15) is 0 Å². The fraction of sp³-hybridized carbons (Fsp3) is 0.200. The lowest BCUT2D eigenvalue weighted by molar-refractivity contribution is 0.486. The lowest BCUT2D eigenvalue weighted by atomic mass is 10.1. The molecule has 0 aromatic heterocycles. The number of halogens is 1. The second kappa shape index (κ2) is 4.32. The molecule has 15 heavy (non-hydrogen) atoms. The average molecular weight is 227 g/mol. The number of sulfonamides is 1. The van der Waals surface area contributed by atoms with E-state index in [1.165, 1.54) is 12.1 Å². The van der Waals surface area contributed by atoms with Crippen LogP contribution in [0.2, 0.25) is 0 Å². The highest BCUT2D eigenvalue weighted by molar-refractivity contribution is 7.92. The van der Waals surface area contributed by atoms with E-state index >= 15 is 0 Å². The Kier molecular flexibility index (Phi) is 3.32. The van der Waals surface area contributed by atoms with E-state index in [1.54, 1.807) is 6.07 Å². The largest absolute Gasteiger partial charge is 0.283 e. The summed E-state index contributed by atoms with van der Waals surface area (Å²) in [6.45, 7) is -0.770. The first-order chi connectivity index (χ1) is 6.96.